The molecule has 5 heteroatoms. The topological polar surface area (TPSA) is 41.6 Å². The monoisotopic (exact) mass is 352 g/mol. The lowest BCUT2D eigenvalue weighted by Gasteiger charge is -2.26. The van der Waals surface area contributed by atoms with Gasteiger partial charge in [-0.05, 0) is 77.0 Å². The molecule has 0 atom stereocenters. The van der Waals surface area contributed by atoms with Gasteiger partial charge in [0.25, 0.3) is 5.91 Å². The molecule has 0 aromatic heterocycles. The maximum atomic E-state index is 12.4. The molecule has 0 unspecified atom stereocenters. The van der Waals surface area contributed by atoms with E-state index in [9.17, 15) is 4.79 Å². The van der Waals surface area contributed by atoms with Gasteiger partial charge < -0.3 is 15.0 Å². The molecule has 1 saturated heterocycles. The maximum Gasteiger partial charge on any atom is 0.263 e. The van der Waals surface area contributed by atoms with Crippen molar-refractivity contribution in [2.75, 3.05) is 26.2 Å². The Balaban J connectivity index is 1.71. The molecule has 1 heterocycles. The van der Waals surface area contributed by atoms with Crippen LogP contribution in [0.15, 0.2) is 24.3 Å². The molecule has 2 rings (SSSR count). The van der Waals surface area contributed by atoms with Gasteiger partial charge in [-0.3, -0.25) is 4.79 Å². The number of benzene rings is 1. The SMILES string of the molecule is CC(C)(Oc1ccc(Cl)cc1)C(=O)NCCCN1CCCCCC1. The van der Waals surface area contributed by atoms with Crippen LogP contribution in [0, 0.1) is 0 Å². The molecule has 1 aromatic carbocycles. The summed E-state index contributed by atoms with van der Waals surface area (Å²) in [7, 11) is 0. The van der Waals surface area contributed by atoms with Crippen LogP contribution in [-0.2, 0) is 4.79 Å². The van der Waals surface area contributed by atoms with Gasteiger partial charge in [-0.1, -0.05) is 24.4 Å². The molecule has 0 radical (unpaired) electrons. The number of hydrogen-bond acceptors (Lipinski definition) is 3. The number of ether oxygens (including phenoxy) is 1. The molecule has 1 aliphatic rings. The summed E-state index contributed by atoms with van der Waals surface area (Å²) in [5.41, 5.74) is -0.906. The predicted molar refractivity (Wildman–Crippen MR) is 98.7 cm³/mol. The number of nitrogens with zero attached hydrogens (tertiary/aromatic N) is 1. The number of hydrogen-bond donors (Lipinski definition) is 1. The van der Waals surface area contributed by atoms with Gasteiger partial charge in [0.05, 0.1) is 0 Å². The quantitative estimate of drug-likeness (QED) is 0.757. The molecule has 1 N–H and O–H groups in total. The van der Waals surface area contributed by atoms with Crippen LogP contribution in [0.5, 0.6) is 5.75 Å². The van der Waals surface area contributed by atoms with Gasteiger partial charge in [0, 0.05) is 11.6 Å². The van der Waals surface area contributed by atoms with E-state index in [4.69, 9.17) is 16.3 Å². The minimum absolute atomic E-state index is 0.0895. The number of nitrogens with one attached hydrogen (secondary N) is 1. The number of carbonyl (C=O) groups excluding carboxylic acids is 1. The molecule has 134 valence electrons. The normalized spacial score (nSPS) is 16.5. The lowest BCUT2D eigenvalue weighted by atomic mass is 10.1. The Bertz CT molecular complexity index is 509. The van der Waals surface area contributed by atoms with Crippen LogP contribution >= 0.6 is 11.6 Å². The number of rotatable bonds is 7. The van der Waals surface area contributed by atoms with Crippen LogP contribution in [-0.4, -0.2) is 42.6 Å². The zero-order chi connectivity index (χ0) is 17.4. The average molecular weight is 353 g/mol. The van der Waals surface area contributed by atoms with Crippen LogP contribution in [0.25, 0.3) is 0 Å². The van der Waals surface area contributed by atoms with Gasteiger partial charge in [0.1, 0.15) is 5.75 Å². The summed E-state index contributed by atoms with van der Waals surface area (Å²) in [6.45, 7) is 7.69. The van der Waals surface area contributed by atoms with E-state index in [0.29, 0.717) is 17.3 Å². The first kappa shape index (κ1) is 19.1. The van der Waals surface area contributed by atoms with Crippen molar-refractivity contribution in [1.29, 1.82) is 0 Å². The highest BCUT2D eigenvalue weighted by Crippen LogP contribution is 2.21. The van der Waals surface area contributed by atoms with E-state index < -0.39 is 5.60 Å². The van der Waals surface area contributed by atoms with Crippen LogP contribution in [0.3, 0.4) is 0 Å². The first-order valence-electron chi connectivity index (χ1n) is 8.92. The largest absolute Gasteiger partial charge is 0.478 e. The average Bonchev–Trinajstić information content (AvgIpc) is 2.82. The van der Waals surface area contributed by atoms with Crippen molar-refractivity contribution in [1.82, 2.24) is 10.2 Å². The zero-order valence-electron chi connectivity index (χ0n) is 14.8. The van der Waals surface area contributed by atoms with Gasteiger partial charge in [0.2, 0.25) is 0 Å². The third-order valence-electron chi connectivity index (χ3n) is 4.37. The van der Waals surface area contributed by atoms with E-state index in [1.165, 1.54) is 38.8 Å². The van der Waals surface area contributed by atoms with Crippen LogP contribution < -0.4 is 10.1 Å². The molecule has 1 aliphatic heterocycles. The Kier molecular flexibility index (Phi) is 7.38. The number of amides is 1. The maximum absolute atomic E-state index is 12.4. The van der Waals surface area contributed by atoms with Gasteiger partial charge in [-0.2, -0.15) is 0 Å². The van der Waals surface area contributed by atoms with Crippen molar-refractivity contribution in [3.63, 3.8) is 0 Å². The second-order valence-electron chi connectivity index (χ2n) is 6.93. The molecule has 0 bridgehead atoms. The first-order valence-corrected chi connectivity index (χ1v) is 9.30. The van der Waals surface area contributed by atoms with Crippen molar-refractivity contribution in [2.24, 2.45) is 0 Å². The molecule has 4 nitrogen and oxygen atoms in total. The Labute approximate surface area is 150 Å². The number of halogens is 1. The summed E-state index contributed by atoms with van der Waals surface area (Å²) >= 11 is 5.87. The van der Waals surface area contributed by atoms with Crippen molar-refractivity contribution in [3.8, 4) is 5.75 Å². The van der Waals surface area contributed by atoms with Crippen LogP contribution in [0.1, 0.15) is 46.0 Å². The highest BCUT2D eigenvalue weighted by Gasteiger charge is 2.29. The van der Waals surface area contributed by atoms with E-state index in [1.54, 1.807) is 38.1 Å². The number of likely N-dealkylation sites (tertiary alicyclic amines) is 1. The summed E-state index contributed by atoms with van der Waals surface area (Å²) in [6.07, 6.45) is 6.28. The minimum atomic E-state index is -0.906. The van der Waals surface area contributed by atoms with Crippen molar-refractivity contribution >= 4 is 17.5 Å². The standard InChI is InChI=1S/C19H29ClN2O2/c1-19(2,24-17-10-8-16(20)9-11-17)18(23)21-12-7-15-22-13-5-3-4-6-14-22/h8-11H,3-7,12-15H2,1-2H3,(H,21,23). The molecule has 0 saturated carbocycles. The summed E-state index contributed by atoms with van der Waals surface area (Å²) in [5.74, 6) is 0.553. The van der Waals surface area contributed by atoms with Crippen molar-refractivity contribution in [2.45, 2.75) is 51.6 Å². The Hall–Kier alpha value is -1.26. The first-order chi connectivity index (χ1) is 11.5. The fourth-order valence-electron chi connectivity index (χ4n) is 2.92. The highest BCUT2D eigenvalue weighted by atomic mass is 35.5. The van der Waals surface area contributed by atoms with Crippen LogP contribution in [0.4, 0.5) is 0 Å². The lowest BCUT2D eigenvalue weighted by Crippen LogP contribution is -2.47. The molecule has 24 heavy (non-hydrogen) atoms. The molecular formula is C19H29ClN2O2. The third-order valence-corrected chi connectivity index (χ3v) is 4.62. The van der Waals surface area contributed by atoms with Gasteiger partial charge in [0.15, 0.2) is 5.60 Å². The fourth-order valence-corrected chi connectivity index (χ4v) is 3.05. The summed E-state index contributed by atoms with van der Waals surface area (Å²) in [4.78, 5) is 14.9. The molecule has 0 aliphatic carbocycles. The Morgan fingerprint density at radius 2 is 1.79 bits per heavy atom. The summed E-state index contributed by atoms with van der Waals surface area (Å²) < 4.78 is 5.80. The second kappa shape index (κ2) is 9.28. The second-order valence-corrected chi connectivity index (χ2v) is 7.37. The number of carbonyl (C=O) groups is 1. The molecule has 1 aromatic rings. The Morgan fingerprint density at radius 3 is 2.42 bits per heavy atom. The highest BCUT2D eigenvalue weighted by molar-refractivity contribution is 6.30. The van der Waals surface area contributed by atoms with Gasteiger partial charge in [-0.15, -0.1) is 0 Å². The van der Waals surface area contributed by atoms with Crippen molar-refractivity contribution in [3.05, 3.63) is 29.3 Å². The fraction of sp³-hybridized carbons (Fsp3) is 0.632. The zero-order valence-corrected chi connectivity index (χ0v) is 15.6. The van der Waals surface area contributed by atoms with E-state index >= 15 is 0 Å². The molecule has 1 fully saturated rings. The van der Waals surface area contributed by atoms with E-state index in [2.05, 4.69) is 10.2 Å². The van der Waals surface area contributed by atoms with Crippen molar-refractivity contribution < 1.29 is 9.53 Å². The Morgan fingerprint density at radius 1 is 1.17 bits per heavy atom. The van der Waals surface area contributed by atoms with Gasteiger partial charge >= 0.3 is 0 Å². The molecule has 1 amide bonds. The predicted octanol–water partition coefficient (Wildman–Crippen LogP) is 3.88. The van der Waals surface area contributed by atoms with E-state index in [-0.39, 0.29) is 5.91 Å². The van der Waals surface area contributed by atoms with E-state index in [1.807, 2.05) is 0 Å². The smallest absolute Gasteiger partial charge is 0.263 e. The molecule has 0 spiro atoms. The minimum Gasteiger partial charge on any atom is -0.478 e. The van der Waals surface area contributed by atoms with Gasteiger partial charge in [-0.25, -0.2) is 0 Å². The third kappa shape index (κ3) is 6.33. The van der Waals surface area contributed by atoms with E-state index in [0.717, 1.165) is 13.0 Å². The summed E-state index contributed by atoms with van der Waals surface area (Å²) in [5, 5.41) is 3.64. The lowest BCUT2D eigenvalue weighted by molar-refractivity contribution is -0.134. The van der Waals surface area contributed by atoms with Crippen LogP contribution in [0.2, 0.25) is 5.02 Å². The summed E-state index contributed by atoms with van der Waals surface area (Å²) in [6, 6.07) is 7.06. The molecular weight excluding hydrogens is 324 g/mol.